The summed E-state index contributed by atoms with van der Waals surface area (Å²) in [5, 5.41) is 4.58. The van der Waals surface area contributed by atoms with Crippen LogP contribution < -0.4 is 5.73 Å². The molecule has 0 saturated heterocycles. The van der Waals surface area contributed by atoms with E-state index in [0.29, 0.717) is 0 Å². The first-order chi connectivity index (χ1) is 9.78. The van der Waals surface area contributed by atoms with Gasteiger partial charge in [0, 0.05) is 42.5 Å². The molecule has 3 aromatic heterocycles. The zero-order chi connectivity index (χ0) is 13.9. The number of nitrogen functional groups attached to an aromatic ring is 1. The number of aryl methyl sites for hydroxylation is 1. The average Bonchev–Trinajstić information content (AvgIpc) is 2.92. The van der Waals surface area contributed by atoms with Crippen LogP contribution in [0, 0.1) is 0 Å². The normalized spacial score (nSPS) is 10.1. The van der Waals surface area contributed by atoms with Crippen molar-refractivity contribution in [2.45, 2.75) is 20.9 Å². The monoisotopic (exact) mass is 282 g/mol. The third-order valence-electron chi connectivity index (χ3n) is 2.97. The predicted octanol–water partition coefficient (Wildman–Crippen LogP) is 2.64. The number of hydrogen-bond acceptors (Lipinski definition) is 5. The topological polar surface area (TPSA) is 82.5 Å². The van der Waals surface area contributed by atoms with Crippen LogP contribution in [0.4, 0.5) is 5.95 Å². The Bertz CT molecular complexity index is 720. The van der Waals surface area contributed by atoms with Crippen LogP contribution >= 0.6 is 0 Å². The molecule has 0 aliphatic heterocycles. The molecule has 3 aromatic rings. The summed E-state index contributed by atoms with van der Waals surface area (Å²) in [6.45, 7) is 2.83. The number of aromatic nitrogens is 5. The molecular weight excluding hydrogens is 264 g/mol. The molecule has 0 aromatic carbocycles. The van der Waals surface area contributed by atoms with E-state index in [0.717, 1.165) is 29.1 Å². The molecule has 2 N–H and O–H groups in total. The van der Waals surface area contributed by atoms with Crippen molar-refractivity contribution in [3.8, 4) is 22.5 Å². The van der Waals surface area contributed by atoms with E-state index in [4.69, 9.17) is 5.73 Å². The van der Waals surface area contributed by atoms with Crippen LogP contribution in [-0.4, -0.2) is 24.7 Å². The second kappa shape index (κ2) is 6.13. The Morgan fingerprint density at radius 1 is 1.24 bits per heavy atom. The molecule has 0 aliphatic rings. The molecule has 0 saturated carbocycles. The van der Waals surface area contributed by atoms with E-state index in [1.54, 1.807) is 18.6 Å². The summed E-state index contributed by atoms with van der Waals surface area (Å²) < 4.78 is 1.87. The average molecular weight is 282 g/mol. The molecule has 0 bridgehead atoms. The first-order valence-electron chi connectivity index (χ1n) is 6.34. The minimum Gasteiger partial charge on any atom is -0.368 e. The molecule has 108 valence electrons. The highest BCUT2D eigenvalue weighted by molar-refractivity contribution is 5.78. The molecule has 0 fully saturated rings. The van der Waals surface area contributed by atoms with Gasteiger partial charge in [-0.05, 0) is 25.1 Å². The van der Waals surface area contributed by atoms with E-state index in [2.05, 4.69) is 20.1 Å². The number of nitrogens with zero attached hydrogens (tertiary/aromatic N) is 5. The quantitative estimate of drug-likeness (QED) is 0.798. The van der Waals surface area contributed by atoms with Crippen molar-refractivity contribution in [1.29, 1.82) is 0 Å². The summed E-state index contributed by atoms with van der Waals surface area (Å²) in [6.07, 6.45) is 7.14. The summed E-state index contributed by atoms with van der Waals surface area (Å²) in [5.74, 6) is 0.254. The van der Waals surface area contributed by atoms with Crippen LogP contribution in [0.2, 0.25) is 0 Å². The molecule has 0 aliphatic carbocycles. The maximum atomic E-state index is 5.66. The van der Waals surface area contributed by atoms with E-state index >= 15 is 0 Å². The van der Waals surface area contributed by atoms with Crippen LogP contribution in [0.3, 0.4) is 0 Å². The molecular formula is C15H18N6. The van der Waals surface area contributed by atoms with Gasteiger partial charge in [0.15, 0.2) is 0 Å². The first kappa shape index (κ1) is 14.6. The van der Waals surface area contributed by atoms with Crippen LogP contribution in [0.15, 0.2) is 43.0 Å². The summed E-state index contributed by atoms with van der Waals surface area (Å²) in [5.41, 5.74) is 9.14. The summed E-state index contributed by atoms with van der Waals surface area (Å²) >= 11 is 0. The molecule has 6 heteroatoms. The molecule has 0 amide bonds. The number of pyridine rings is 1. The highest BCUT2D eigenvalue weighted by atomic mass is 15.3. The van der Waals surface area contributed by atoms with Crippen molar-refractivity contribution < 1.29 is 0 Å². The van der Waals surface area contributed by atoms with Gasteiger partial charge in [-0.25, -0.2) is 9.97 Å². The van der Waals surface area contributed by atoms with Crippen molar-refractivity contribution in [1.82, 2.24) is 24.7 Å². The van der Waals surface area contributed by atoms with Crippen LogP contribution in [-0.2, 0) is 6.54 Å². The highest BCUT2D eigenvalue weighted by Crippen LogP contribution is 2.29. The van der Waals surface area contributed by atoms with Gasteiger partial charge in [-0.15, -0.1) is 0 Å². The minimum absolute atomic E-state index is 0. The minimum atomic E-state index is 0. The smallest absolute Gasteiger partial charge is 0.220 e. The van der Waals surface area contributed by atoms with Gasteiger partial charge in [0.1, 0.15) is 5.69 Å². The Morgan fingerprint density at radius 3 is 2.76 bits per heavy atom. The van der Waals surface area contributed by atoms with Gasteiger partial charge in [-0.1, -0.05) is 7.43 Å². The lowest BCUT2D eigenvalue weighted by Gasteiger charge is -2.01. The van der Waals surface area contributed by atoms with Gasteiger partial charge in [-0.2, -0.15) is 5.10 Å². The molecule has 0 spiro atoms. The largest absolute Gasteiger partial charge is 0.368 e. The third kappa shape index (κ3) is 2.89. The molecule has 0 radical (unpaired) electrons. The van der Waals surface area contributed by atoms with E-state index in [-0.39, 0.29) is 13.4 Å². The summed E-state index contributed by atoms with van der Waals surface area (Å²) in [6, 6.07) is 5.69. The van der Waals surface area contributed by atoms with Crippen molar-refractivity contribution in [2.24, 2.45) is 0 Å². The Labute approximate surface area is 123 Å². The standard InChI is InChI=1S/C14H14N6.CH4/c1-2-20-9-11(12-5-7-17-14(15)18-12)13(19-20)10-4-3-6-16-8-10;/h3-9H,2H2,1H3,(H2,15,17,18);1H4. The molecule has 6 nitrogen and oxygen atoms in total. The third-order valence-corrected chi connectivity index (χ3v) is 2.97. The second-order valence-corrected chi connectivity index (χ2v) is 4.29. The lowest BCUT2D eigenvalue weighted by molar-refractivity contribution is 0.662. The van der Waals surface area contributed by atoms with Gasteiger partial charge < -0.3 is 5.73 Å². The number of nitrogens with two attached hydrogens (primary N) is 1. The summed E-state index contributed by atoms with van der Waals surface area (Å²) in [4.78, 5) is 12.3. The lowest BCUT2D eigenvalue weighted by atomic mass is 10.1. The van der Waals surface area contributed by atoms with Gasteiger partial charge in [0.2, 0.25) is 5.95 Å². The van der Waals surface area contributed by atoms with Crippen molar-refractivity contribution in [2.75, 3.05) is 5.73 Å². The lowest BCUT2D eigenvalue weighted by Crippen LogP contribution is -1.95. The maximum absolute atomic E-state index is 5.66. The van der Waals surface area contributed by atoms with E-state index in [1.165, 1.54) is 0 Å². The maximum Gasteiger partial charge on any atom is 0.220 e. The summed E-state index contributed by atoms with van der Waals surface area (Å²) in [7, 11) is 0. The van der Waals surface area contributed by atoms with Crippen molar-refractivity contribution in [3.63, 3.8) is 0 Å². The Morgan fingerprint density at radius 2 is 2.10 bits per heavy atom. The molecule has 3 heterocycles. The molecule has 0 atom stereocenters. The van der Waals surface area contributed by atoms with Crippen LogP contribution in [0.25, 0.3) is 22.5 Å². The SMILES string of the molecule is C.CCn1cc(-c2ccnc(N)n2)c(-c2cccnc2)n1. The molecule has 0 unspecified atom stereocenters. The highest BCUT2D eigenvalue weighted by Gasteiger charge is 2.14. The van der Waals surface area contributed by atoms with Gasteiger partial charge in [0.25, 0.3) is 0 Å². The Hall–Kier alpha value is -2.76. The Balaban J connectivity index is 0.00000161. The van der Waals surface area contributed by atoms with Gasteiger partial charge >= 0.3 is 0 Å². The van der Waals surface area contributed by atoms with Gasteiger partial charge in [-0.3, -0.25) is 9.67 Å². The van der Waals surface area contributed by atoms with Crippen LogP contribution in [0.1, 0.15) is 14.4 Å². The zero-order valence-electron chi connectivity index (χ0n) is 11.1. The fourth-order valence-electron chi connectivity index (χ4n) is 2.01. The number of hydrogen-bond donors (Lipinski definition) is 1. The molecule has 3 rings (SSSR count). The van der Waals surface area contributed by atoms with E-state index in [9.17, 15) is 0 Å². The van der Waals surface area contributed by atoms with Crippen molar-refractivity contribution >= 4 is 5.95 Å². The second-order valence-electron chi connectivity index (χ2n) is 4.29. The Kier molecular flexibility index (Phi) is 4.27. The first-order valence-corrected chi connectivity index (χ1v) is 6.34. The zero-order valence-corrected chi connectivity index (χ0v) is 11.1. The van der Waals surface area contributed by atoms with Crippen molar-refractivity contribution in [3.05, 3.63) is 43.0 Å². The predicted molar refractivity (Wildman–Crippen MR) is 83.3 cm³/mol. The molecule has 21 heavy (non-hydrogen) atoms. The van der Waals surface area contributed by atoms with Gasteiger partial charge in [0.05, 0.1) is 5.69 Å². The number of anilines is 1. The fraction of sp³-hybridized carbons (Fsp3) is 0.200. The fourth-order valence-corrected chi connectivity index (χ4v) is 2.01. The number of rotatable bonds is 3. The van der Waals surface area contributed by atoms with E-state index < -0.39 is 0 Å². The van der Waals surface area contributed by atoms with Crippen LogP contribution in [0.5, 0.6) is 0 Å². The van der Waals surface area contributed by atoms with E-state index in [1.807, 2.05) is 36.0 Å².